The van der Waals surface area contributed by atoms with Crippen LogP contribution in [0.1, 0.15) is 34.6 Å². The number of hydrogen-bond donors (Lipinski definition) is 1. The molecule has 0 aliphatic carbocycles. The van der Waals surface area contributed by atoms with Gasteiger partial charge in [0.15, 0.2) is 0 Å². The molecule has 0 radical (unpaired) electrons. The van der Waals surface area contributed by atoms with E-state index in [4.69, 9.17) is 11.6 Å². The van der Waals surface area contributed by atoms with Crippen molar-refractivity contribution in [2.75, 3.05) is 0 Å². The van der Waals surface area contributed by atoms with Crippen LogP contribution in [0.15, 0.2) is 109 Å². The molecular formula is C31H26ClFN2O. The Bertz CT molecular complexity index is 1480. The van der Waals surface area contributed by atoms with Crippen molar-refractivity contribution in [2.24, 2.45) is 0 Å². The molecule has 3 nitrogen and oxygen atoms in total. The highest BCUT2D eigenvalue weighted by Gasteiger charge is 2.23. The highest BCUT2D eigenvalue weighted by molar-refractivity contribution is 6.30. The van der Waals surface area contributed by atoms with E-state index >= 15 is 0 Å². The summed E-state index contributed by atoms with van der Waals surface area (Å²) in [5.41, 5.74) is 5.17. The van der Waals surface area contributed by atoms with E-state index in [1.807, 2.05) is 66.7 Å². The lowest BCUT2D eigenvalue weighted by Gasteiger charge is -2.18. The van der Waals surface area contributed by atoms with Gasteiger partial charge in [-0.2, -0.15) is 0 Å². The average molecular weight is 497 g/mol. The van der Waals surface area contributed by atoms with Gasteiger partial charge in [-0.25, -0.2) is 4.39 Å². The molecule has 0 aliphatic heterocycles. The largest absolute Gasteiger partial charge is 0.352 e. The van der Waals surface area contributed by atoms with Gasteiger partial charge < -0.3 is 9.88 Å². The molecule has 1 N–H and O–H groups in total. The molecule has 1 aromatic heterocycles. The summed E-state index contributed by atoms with van der Waals surface area (Å²) in [7, 11) is 0. The fourth-order valence-corrected chi connectivity index (χ4v) is 4.85. The molecule has 0 unspecified atom stereocenters. The lowest BCUT2D eigenvalue weighted by Crippen LogP contribution is -2.25. The van der Waals surface area contributed by atoms with Gasteiger partial charge in [-0.15, -0.1) is 0 Å². The molecule has 180 valence electrons. The molecule has 0 fully saturated rings. The number of hydrogen-bond acceptors (Lipinski definition) is 1. The van der Waals surface area contributed by atoms with E-state index in [1.54, 1.807) is 12.1 Å². The molecule has 5 heteroatoms. The summed E-state index contributed by atoms with van der Waals surface area (Å²) < 4.78 is 15.6. The molecule has 5 aromatic rings. The van der Waals surface area contributed by atoms with Gasteiger partial charge in [-0.1, -0.05) is 84.4 Å². The smallest absolute Gasteiger partial charge is 0.221 e. The van der Waals surface area contributed by atoms with E-state index in [0.29, 0.717) is 18.1 Å². The van der Waals surface area contributed by atoms with E-state index in [-0.39, 0.29) is 24.1 Å². The quantitative estimate of drug-likeness (QED) is 0.240. The van der Waals surface area contributed by atoms with Gasteiger partial charge in [-0.05, 0) is 52.6 Å². The predicted octanol–water partition coefficient (Wildman–Crippen LogP) is 7.32. The Kier molecular flexibility index (Phi) is 7.15. The van der Waals surface area contributed by atoms with Gasteiger partial charge >= 0.3 is 0 Å². The van der Waals surface area contributed by atoms with Crippen molar-refractivity contribution in [3.63, 3.8) is 0 Å². The highest BCUT2D eigenvalue weighted by Crippen LogP contribution is 2.36. The van der Waals surface area contributed by atoms with Gasteiger partial charge in [0.25, 0.3) is 0 Å². The van der Waals surface area contributed by atoms with Crippen LogP contribution in [0.4, 0.5) is 4.39 Å². The van der Waals surface area contributed by atoms with Crippen molar-refractivity contribution < 1.29 is 9.18 Å². The fourth-order valence-electron chi connectivity index (χ4n) is 4.65. The van der Waals surface area contributed by atoms with Crippen LogP contribution in [0.2, 0.25) is 5.02 Å². The van der Waals surface area contributed by atoms with Gasteiger partial charge in [-0.3, -0.25) is 4.79 Å². The first-order valence-electron chi connectivity index (χ1n) is 11.9. The minimum absolute atomic E-state index is 0.0285. The number of rotatable bonds is 8. The summed E-state index contributed by atoms with van der Waals surface area (Å²) >= 11 is 6.36. The highest BCUT2D eigenvalue weighted by atomic mass is 35.5. The van der Waals surface area contributed by atoms with Crippen LogP contribution >= 0.6 is 11.6 Å². The number of benzene rings is 4. The normalized spacial score (nSPS) is 11.9. The Morgan fingerprint density at radius 3 is 2.39 bits per heavy atom. The summed E-state index contributed by atoms with van der Waals surface area (Å²) in [6, 6.07) is 32.4. The maximum atomic E-state index is 13.4. The predicted molar refractivity (Wildman–Crippen MR) is 144 cm³/mol. The lowest BCUT2D eigenvalue weighted by atomic mass is 9.88. The van der Waals surface area contributed by atoms with Crippen LogP contribution in [0, 0.1) is 5.82 Å². The summed E-state index contributed by atoms with van der Waals surface area (Å²) in [4.78, 5) is 13.1. The van der Waals surface area contributed by atoms with Crippen molar-refractivity contribution in [3.8, 4) is 0 Å². The standard InChI is InChI=1S/C31H26ClFN2O/c32-25-10-6-9-24(17-25)28(18-31(36)34-19-22-7-2-1-3-8-22)29-21-35(30-12-5-4-11-27(29)30)20-23-13-15-26(33)16-14-23/h1-17,21,28H,18-20H2,(H,34,36)/t28-/m0/s1. The SMILES string of the molecule is O=C(C[C@@H](c1cccc(Cl)c1)c1cn(Cc2ccc(F)cc2)c2ccccc12)NCc1ccccc1. The molecule has 1 heterocycles. The zero-order valence-electron chi connectivity index (χ0n) is 19.7. The Labute approximate surface area is 215 Å². The minimum atomic E-state index is -0.251. The molecule has 4 aromatic carbocycles. The number of halogens is 2. The summed E-state index contributed by atoms with van der Waals surface area (Å²) in [5, 5.41) is 4.79. The van der Waals surface area contributed by atoms with Crippen molar-refractivity contribution in [3.05, 3.63) is 142 Å². The number of carbonyl (C=O) groups is 1. The third kappa shape index (κ3) is 5.50. The molecular weight excluding hydrogens is 471 g/mol. The summed E-state index contributed by atoms with van der Waals surface area (Å²) in [6.07, 6.45) is 2.40. The summed E-state index contributed by atoms with van der Waals surface area (Å²) in [5.74, 6) is -0.461. The van der Waals surface area contributed by atoms with E-state index in [9.17, 15) is 9.18 Å². The third-order valence-corrected chi connectivity index (χ3v) is 6.67. The Balaban J connectivity index is 1.49. The molecule has 36 heavy (non-hydrogen) atoms. The van der Waals surface area contributed by atoms with Gasteiger partial charge in [0.1, 0.15) is 5.82 Å². The zero-order chi connectivity index (χ0) is 24.9. The zero-order valence-corrected chi connectivity index (χ0v) is 20.5. The third-order valence-electron chi connectivity index (χ3n) is 6.43. The Morgan fingerprint density at radius 2 is 1.61 bits per heavy atom. The number of aromatic nitrogens is 1. The van der Waals surface area contributed by atoms with Gasteiger partial charge in [0, 0.05) is 47.6 Å². The minimum Gasteiger partial charge on any atom is -0.352 e. The van der Waals surface area contributed by atoms with E-state index in [0.717, 1.165) is 33.2 Å². The van der Waals surface area contributed by atoms with Gasteiger partial charge in [0.05, 0.1) is 0 Å². The monoisotopic (exact) mass is 496 g/mol. The lowest BCUT2D eigenvalue weighted by molar-refractivity contribution is -0.121. The molecule has 0 bridgehead atoms. The number of para-hydroxylation sites is 1. The van der Waals surface area contributed by atoms with Crippen LogP contribution in [0.25, 0.3) is 10.9 Å². The molecule has 0 spiro atoms. The number of nitrogens with zero attached hydrogens (tertiary/aromatic N) is 1. The molecule has 0 saturated heterocycles. The first kappa shape index (κ1) is 23.8. The Hall–Kier alpha value is -3.89. The molecule has 0 saturated carbocycles. The fraction of sp³-hybridized carbons (Fsp3) is 0.129. The van der Waals surface area contributed by atoms with E-state index < -0.39 is 0 Å². The summed E-state index contributed by atoms with van der Waals surface area (Å²) in [6.45, 7) is 1.08. The van der Waals surface area contributed by atoms with E-state index in [2.05, 4.69) is 28.2 Å². The molecule has 0 aliphatic rings. The van der Waals surface area contributed by atoms with Crippen molar-refractivity contribution >= 4 is 28.4 Å². The average Bonchev–Trinajstić information content (AvgIpc) is 3.26. The number of amides is 1. The van der Waals surface area contributed by atoms with Crippen LogP contribution in [0.3, 0.4) is 0 Å². The second-order valence-corrected chi connectivity index (χ2v) is 9.37. The topological polar surface area (TPSA) is 34.0 Å². The van der Waals surface area contributed by atoms with Crippen molar-refractivity contribution in [2.45, 2.75) is 25.4 Å². The maximum Gasteiger partial charge on any atom is 0.221 e. The molecule has 5 rings (SSSR count). The first-order chi connectivity index (χ1) is 17.6. The Morgan fingerprint density at radius 1 is 0.861 bits per heavy atom. The second kappa shape index (κ2) is 10.8. The van der Waals surface area contributed by atoms with Crippen molar-refractivity contribution in [1.82, 2.24) is 9.88 Å². The van der Waals surface area contributed by atoms with Crippen LogP contribution in [0.5, 0.6) is 0 Å². The molecule has 1 amide bonds. The maximum absolute atomic E-state index is 13.4. The first-order valence-corrected chi connectivity index (χ1v) is 12.3. The van der Waals surface area contributed by atoms with E-state index in [1.165, 1.54) is 12.1 Å². The molecule has 1 atom stereocenters. The number of nitrogens with one attached hydrogen (secondary N) is 1. The van der Waals surface area contributed by atoms with Crippen LogP contribution in [-0.4, -0.2) is 10.5 Å². The van der Waals surface area contributed by atoms with Crippen LogP contribution in [-0.2, 0) is 17.9 Å². The second-order valence-electron chi connectivity index (χ2n) is 8.93. The van der Waals surface area contributed by atoms with Crippen LogP contribution < -0.4 is 5.32 Å². The van der Waals surface area contributed by atoms with Crippen molar-refractivity contribution in [1.29, 1.82) is 0 Å². The number of carbonyl (C=O) groups excluding carboxylic acids is 1. The van der Waals surface area contributed by atoms with Gasteiger partial charge in [0.2, 0.25) is 5.91 Å². The number of fused-ring (bicyclic) bond motifs is 1.